The maximum atomic E-state index is 4.67. The number of halogens is 8. The number of hydrogen-bond acceptors (Lipinski definition) is 1. The van der Waals surface area contributed by atoms with Crippen molar-refractivity contribution >= 4 is 181 Å². The summed E-state index contributed by atoms with van der Waals surface area (Å²) in [6, 6.07) is 4.44. The van der Waals surface area contributed by atoms with Crippen LogP contribution in [0.5, 0.6) is 0 Å². The van der Waals surface area contributed by atoms with Crippen LogP contribution in [0.3, 0.4) is 0 Å². The molecule has 0 amide bonds. The van der Waals surface area contributed by atoms with Crippen LogP contribution in [0.4, 0.5) is 11.4 Å². The summed E-state index contributed by atoms with van der Waals surface area (Å²) >= 11 is 16.7. The van der Waals surface area contributed by atoms with Gasteiger partial charge in [0.15, 0.2) is 5.71 Å². The van der Waals surface area contributed by atoms with Crippen molar-refractivity contribution < 1.29 is 29.0 Å². The van der Waals surface area contributed by atoms with Crippen molar-refractivity contribution in [2.24, 2.45) is 4.99 Å². The molecule has 4 rings (SSSR count). The molecule has 0 radical (unpaired) electrons. The van der Waals surface area contributed by atoms with Crippen LogP contribution in [0.2, 0.25) is 0 Å². The van der Waals surface area contributed by atoms with Crippen molar-refractivity contribution in [1.82, 2.24) is 0 Å². The molecule has 0 saturated carbocycles. The van der Waals surface area contributed by atoms with Crippen LogP contribution in [0, 0.1) is 21.4 Å². The Morgan fingerprint density at radius 2 is 1.15 bits per heavy atom. The van der Waals surface area contributed by atoms with Crippen LogP contribution in [-0.4, -0.2) is 16.4 Å². The van der Waals surface area contributed by atoms with E-state index < -0.39 is 0 Å². The largest absolute Gasteiger partial charge is 1.00 e. The lowest BCUT2D eigenvalue weighted by Crippen LogP contribution is -3.00. The second-order valence-corrected chi connectivity index (χ2v) is 15.1. The van der Waals surface area contributed by atoms with Gasteiger partial charge in [-0.1, -0.05) is 36.4 Å². The lowest BCUT2D eigenvalue weighted by atomic mass is 9.82. The van der Waals surface area contributed by atoms with Crippen molar-refractivity contribution in [3.63, 3.8) is 0 Å². The Morgan fingerprint density at radius 1 is 0.697 bits per heavy atom. The van der Waals surface area contributed by atoms with E-state index in [4.69, 9.17) is 0 Å². The second-order valence-electron chi connectivity index (χ2n) is 8.49. The van der Waals surface area contributed by atoms with Crippen LogP contribution < -0.4 is 29.0 Å². The van der Waals surface area contributed by atoms with Crippen LogP contribution in [0.1, 0.15) is 52.7 Å². The van der Waals surface area contributed by atoms with Crippen LogP contribution >= 0.6 is 158 Å². The first-order valence-electron chi connectivity index (χ1n) is 9.61. The summed E-state index contributed by atoms with van der Waals surface area (Å²) in [5.41, 5.74) is 8.09. The number of aliphatic imine (C=N–C) groups is 1. The number of nitrogens with zero attached hydrogens (tertiary/aromatic N) is 1. The van der Waals surface area contributed by atoms with Crippen LogP contribution in [-0.2, 0) is 10.8 Å². The molecule has 0 spiro atoms. The molecule has 0 aromatic heterocycles. The standard InChI is InChI=1S/2C11H10I3N.CH3I.HI/c2*1-5-11(2,3)8-7(15-5)4-6(12)9(13)10(8)14;1-2;/h2*4H,1-3H3;1H3;1H. The molecule has 182 valence electrons. The van der Waals surface area contributed by atoms with Gasteiger partial charge < -0.3 is 24.0 Å². The number of fused-ring (bicyclic) bond motifs is 2. The molecule has 2 aromatic carbocycles. The Bertz CT molecular complexity index is 1040. The topological polar surface area (TPSA) is 26.3 Å². The third-order valence-electron chi connectivity index (χ3n) is 6.01. The van der Waals surface area contributed by atoms with E-state index in [2.05, 4.69) is 222 Å². The normalized spacial score (nSPS) is 16.2. The molecule has 1 N–H and O–H groups in total. The third-order valence-corrected chi connectivity index (χ3v) is 16.2. The van der Waals surface area contributed by atoms with E-state index in [9.17, 15) is 0 Å². The lowest BCUT2D eigenvalue weighted by molar-refractivity contribution is -0.351. The molecule has 0 fully saturated rings. The van der Waals surface area contributed by atoms with Gasteiger partial charge in [0.1, 0.15) is 0 Å². The van der Waals surface area contributed by atoms with Crippen LogP contribution in [0.15, 0.2) is 17.1 Å². The first-order chi connectivity index (χ1) is 14.7. The smallest absolute Gasteiger partial charge is 0.210 e. The van der Waals surface area contributed by atoms with Gasteiger partial charge in [-0.05, 0) is 167 Å². The van der Waals surface area contributed by atoms with Crippen molar-refractivity contribution in [2.75, 3.05) is 4.93 Å². The molecule has 10 heteroatoms. The Morgan fingerprint density at radius 3 is 1.67 bits per heavy atom. The van der Waals surface area contributed by atoms with Gasteiger partial charge >= 0.3 is 0 Å². The average Bonchev–Trinajstić information content (AvgIpc) is 3.07. The molecule has 0 atom stereocenters. The summed E-state index contributed by atoms with van der Waals surface area (Å²) in [7, 11) is 0. The summed E-state index contributed by atoms with van der Waals surface area (Å²) in [4.78, 5) is 10.1. The van der Waals surface area contributed by atoms with Gasteiger partial charge in [-0.25, -0.2) is 4.99 Å². The van der Waals surface area contributed by atoms with Gasteiger partial charge in [0.2, 0.25) is 5.69 Å². The van der Waals surface area contributed by atoms with Crippen molar-refractivity contribution in [2.45, 2.75) is 52.4 Å². The zero-order valence-electron chi connectivity index (χ0n) is 19.1. The monoisotopic (exact) mass is 1340 g/mol. The molecule has 33 heavy (non-hydrogen) atoms. The zero-order valence-corrected chi connectivity index (χ0v) is 36.4. The Kier molecular flexibility index (Phi) is 14.5. The summed E-state index contributed by atoms with van der Waals surface area (Å²) in [6.07, 6.45) is 0. The minimum absolute atomic E-state index is 0. The fourth-order valence-corrected chi connectivity index (χ4v) is 9.14. The molecule has 0 bridgehead atoms. The maximum absolute atomic E-state index is 4.67. The molecular weight excluding hydrogens is 1320 g/mol. The zero-order chi connectivity index (χ0) is 24.8. The highest BCUT2D eigenvalue weighted by Gasteiger charge is 2.41. The highest BCUT2D eigenvalue weighted by Crippen LogP contribution is 2.45. The van der Waals surface area contributed by atoms with E-state index in [0.29, 0.717) is 0 Å². The van der Waals surface area contributed by atoms with E-state index in [1.54, 1.807) is 0 Å². The fraction of sp³-hybridized carbons (Fsp3) is 0.391. The first kappa shape index (κ1) is 34.6. The third kappa shape index (κ3) is 7.04. The molecule has 2 nitrogen and oxygen atoms in total. The van der Waals surface area contributed by atoms with E-state index in [1.807, 2.05) is 4.93 Å². The maximum Gasteiger partial charge on any atom is 0.210 e. The van der Waals surface area contributed by atoms with E-state index in [1.165, 1.54) is 49.7 Å². The number of nitrogens with one attached hydrogen (secondary N) is 1. The highest BCUT2D eigenvalue weighted by atomic mass is 127. The number of rotatable bonds is 0. The Hall–Kier alpha value is 3.62. The van der Waals surface area contributed by atoms with Gasteiger partial charge in [0.05, 0.1) is 16.7 Å². The lowest BCUT2D eigenvalue weighted by Gasteiger charge is -2.22. The number of benzene rings is 2. The average molecular weight is 1340 g/mol. The SMILES string of the molecule is CC1=Nc2cc(I)c(I)c(I)c2C1(C)C.CC1=[NH+]c2cc(I)c(I)c(I)c2C1(C)C.CI.[I-]. The molecule has 2 aliphatic heterocycles. The van der Waals surface area contributed by atoms with E-state index in [0.717, 1.165) is 5.69 Å². The van der Waals surface area contributed by atoms with Gasteiger partial charge in [0.25, 0.3) is 0 Å². The molecule has 0 saturated heterocycles. The van der Waals surface area contributed by atoms with E-state index >= 15 is 0 Å². The second kappa shape index (κ2) is 13.8. The molecular formula is C23H24I8N2. The van der Waals surface area contributed by atoms with Gasteiger partial charge in [-0.15, -0.1) is 0 Å². The van der Waals surface area contributed by atoms with Gasteiger partial charge in [-0.3, -0.25) is 4.99 Å². The first-order valence-corrected chi connectivity index (χ1v) is 18.2. The molecule has 0 unspecified atom stereocenters. The summed E-state index contributed by atoms with van der Waals surface area (Å²) in [6.45, 7) is 13.4. The van der Waals surface area contributed by atoms with Crippen molar-refractivity contribution in [3.8, 4) is 0 Å². The van der Waals surface area contributed by atoms with Crippen LogP contribution in [0.25, 0.3) is 0 Å². The van der Waals surface area contributed by atoms with Gasteiger partial charge in [0, 0.05) is 51.1 Å². The molecule has 2 aromatic rings. The summed E-state index contributed by atoms with van der Waals surface area (Å²) < 4.78 is 8.10. The van der Waals surface area contributed by atoms with Gasteiger partial charge in [-0.2, -0.15) is 0 Å². The van der Waals surface area contributed by atoms with E-state index in [-0.39, 0.29) is 34.8 Å². The molecule has 0 aliphatic carbocycles. The number of hydrogen-bond donors (Lipinski definition) is 1. The quantitative estimate of drug-likeness (QED) is 0.194. The minimum Gasteiger partial charge on any atom is -1.00 e. The molecule has 2 aliphatic rings. The molecule has 2 heterocycles. The fourth-order valence-electron chi connectivity index (χ4n) is 3.62. The highest BCUT2D eigenvalue weighted by molar-refractivity contribution is 14.1. The predicted molar refractivity (Wildman–Crippen MR) is 199 cm³/mol. The predicted octanol–water partition coefficient (Wildman–Crippen LogP) is 5.90. The summed E-state index contributed by atoms with van der Waals surface area (Å²) in [5, 5.41) is 0. The Labute approximate surface area is 310 Å². The van der Waals surface area contributed by atoms with Crippen molar-refractivity contribution in [1.29, 1.82) is 0 Å². The minimum atomic E-state index is 0. The van der Waals surface area contributed by atoms with Crippen molar-refractivity contribution in [3.05, 3.63) is 44.7 Å². The number of alkyl halides is 1. The Balaban J connectivity index is 0.000000299. The summed E-state index contributed by atoms with van der Waals surface area (Å²) in [5.74, 6) is 0.